The lowest BCUT2D eigenvalue weighted by Crippen LogP contribution is -2.45. The number of fused-ring (bicyclic) bond motifs is 3. The Morgan fingerprint density at radius 2 is 1.96 bits per heavy atom. The maximum Gasteiger partial charge on any atom is 0.190 e. The van der Waals surface area contributed by atoms with Crippen molar-refractivity contribution in [3.63, 3.8) is 0 Å². The molecule has 3 aliphatic rings. The molecule has 0 bridgehead atoms. The highest BCUT2D eigenvalue weighted by molar-refractivity contribution is 6.30. The summed E-state index contributed by atoms with van der Waals surface area (Å²) >= 11 is 6.32. The molecule has 1 saturated carbocycles. The molecule has 0 N–H and O–H groups in total. The molecular weight excluding hydrogens is 372 g/mol. The van der Waals surface area contributed by atoms with Gasteiger partial charge >= 0.3 is 0 Å². The fraction of sp³-hybridized carbons (Fsp3) is 0.435. The zero-order chi connectivity index (χ0) is 19.1. The second-order valence-corrected chi connectivity index (χ2v) is 8.40. The largest absolute Gasteiger partial charge is 0.497 e. The van der Waals surface area contributed by atoms with Crippen molar-refractivity contribution < 1.29 is 9.47 Å². The number of halogens is 1. The maximum atomic E-state index is 6.50. The lowest BCUT2D eigenvalue weighted by molar-refractivity contribution is -0.0643. The second-order valence-electron chi connectivity index (χ2n) is 7.97. The molecule has 0 spiro atoms. The number of nitrogens with zero attached hydrogens (tertiary/aromatic N) is 2. The molecule has 0 aromatic heterocycles. The van der Waals surface area contributed by atoms with Gasteiger partial charge in [0.05, 0.1) is 18.9 Å². The zero-order valence-corrected chi connectivity index (χ0v) is 16.9. The molecule has 1 fully saturated rings. The Kier molecular flexibility index (Phi) is 4.67. The Morgan fingerprint density at radius 1 is 1.11 bits per heavy atom. The molecule has 2 heterocycles. The van der Waals surface area contributed by atoms with Crippen LogP contribution in [0.25, 0.3) is 0 Å². The van der Waals surface area contributed by atoms with Crippen LogP contribution in [0.1, 0.15) is 55.7 Å². The van der Waals surface area contributed by atoms with Gasteiger partial charge in [0.2, 0.25) is 0 Å². The Labute approximate surface area is 171 Å². The average Bonchev–Trinajstić information content (AvgIpc) is 3.20. The van der Waals surface area contributed by atoms with Gasteiger partial charge < -0.3 is 9.47 Å². The van der Waals surface area contributed by atoms with Crippen LogP contribution in [-0.4, -0.2) is 24.1 Å². The van der Waals surface area contributed by atoms with Crippen molar-refractivity contribution in [3.8, 4) is 11.5 Å². The van der Waals surface area contributed by atoms with Crippen molar-refractivity contribution in [3.05, 3.63) is 58.6 Å². The van der Waals surface area contributed by atoms with Gasteiger partial charge in [0.25, 0.3) is 0 Å². The normalized spacial score (nSPS) is 24.2. The SMILES string of the molecule is COc1cccc(C2=NN3[C@H](C2)c2cc(Cl)ccc2O[C@H]3C2CCCCC2)c1. The van der Waals surface area contributed by atoms with E-state index < -0.39 is 0 Å². The van der Waals surface area contributed by atoms with Crippen LogP contribution >= 0.6 is 11.6 Å². The smallest absolute Gasteiger partial charge is 0.190 e. The summed E-state index contributed by atoms with van der Waals surface area (Å²) in [5.41, 5.74) is 3.34. The van der Waals surface area contributed by atoms with Crippen molar-refractivity contribution in [2.45, 2.75) is 50.8 Å². The summed E-state index contributed by atoms with van der Waals surface area (Å²) in [4.78, 5) is 0. The molecule has 5 rings (SSSR count). The van der Waals surface area contributed by atoms with E-state index in [9.17, 15) is 0 Å². The predicted octanol–water partition coefficient (Wildman–Crippen LogP) is 5.80. The zero-order valence-electron chi connectivity index (χ0n) is 16.1. The van der Waals surface area contributed by atoms with Crippen molar-refractivity contribution in [1.29, 1.82) is 0 Å². The predicted molar refractivity (Wildman–Crippen MR) is 111 cm³/mol. The van der Waals surface area contributed by atoms with Gasteiger partial charge in [-0.25, -0.2) is 5.01 Å². The van der Waals surface area contributed by atoms with Crippen LogP contribution in [0.15, 0.2) is 47.6 Å². The minimum Gasteiger partial charge on any atom is -0.497 e. The Balaban J connectivity index is 1.53. The Morgan fingerprint density at radius 3 is 2.79 bits per heavy atom. The van der Waals surface area contributed by atoms with Gasteiger partial charge in [0, 0.05) is 28.5 Å². The molecule has 0 unspecified atom stereocenters. The summed E-state index contributed by atoms with van der Waals surface area (Å²) in [5.74, 6) is 2.34. The van der Waals surface area contributed by atoms with Gasteiger partial charge in [-0.1, -0.05) is 43.0 Å². The third-order valence-corrected chi connectivity index (χ3v) is 6.47. The summed E-state index contributed by atoms with van der Waals surface area (Å²) in [6, 6.07) is 14.3. The first-order valence-corrected chi connectivity index (χ1v) is 10.6. The number of hydrogen-bond donors (Lipinski definition) is 0. The van der Waals surface area contributed by atoms with E-state index in [2.05, 4.69) is 17.1 Å². The van der Waals surface area contributed by atoms with Gasteiger partial charge in [0.15, 0.2) is 6.23 Å². The standard InChI is InChI=1S/C23H25ClN2O2/c1-27-18-9-5-8-16(12-18)20-14-21-19-13-17(24)10-11-22(19)28-23(26(21)25-20)15-6-3-2-4-7-15/h5,8-13,15,21,23H,2-4,6-7,14H2,1H3/t21-,23+/m1/s1. The molecule has 2 aliphatic heterocycles. The molecule has 4 nitrogen and oxygen atoms in total. The topological polar surface area (TPSA) is 34.1 Å². The van der Waals surface area contributed by atoms with Gasteiger partial charge in [0.1, 0.15) is 11.5 Å². The van der Waals surface area contributed by atoms with Crippen molar-refractivity contribution in [2.75, 3.05) is 7.11 Å². The first kappa shape index (κ1) is 17.9. The highest BCUT2D eigenvalue weighted by Crippen LogP contribution is 2.47. The molecule has 0 radical (unpaired) electrons. The molecular formula is C23H25ClN2O2. The molecule has 146 valence electrons. The summed E-state index contributed by atoms with van der Waals surface area (Å²) in [5, 5.41) is 8.02. The highest BCUT2D eigenvalue weighted by atomic mass is 35.5. The van der Waals surface area contributed by atoms with Gasteiger partial charge in [-0.3, -0.25) is 0 Å². The molecule has 5 heteroatoms. The van der Waals surface area contributed by atoms with E-state index in [0.29, 0.717) is 5.92 Å². The third kappa shape index (κ3) is 3.14. The van der Waals surface area contributed by atoms with Crippen LogP contribution in [0.3, 0.4) is 0 Å². The quantitative estimate of drug-likeness (QED) is 0.657. The molecule has 2 atom stereocenters. The van der Waals surface area contributed by atoms with E-state index in [1.807, 2.05) is 30.3 Å². The number of rotatable bonds is 3. The van der Waals surface area contributed by atoms with E-state index >= 15 is 0 Å². The van der Waals surface area contributed by atoms with Gasteiger partial charge in [-0.05, 0) is 43.2 Å². The Bertz CT molecular complexity index is 907. The van der Waals surface area contributed by atoms with E-state index in [-0.39, 0.29) is 12.3 Å². The van der Waals surface area contributed by atoms with Crippen molar-refractivity contribution in [2.24, 2.45) is 11.0 Å². The van der Waals surface area contributed by atoms with Gasteiger partial charge in [-0.15, -0.1) is 0 Å². The van der Waals surface area contributed by atoms with E-state index in [4.69, 9.17) is 26.2 Å². The summed E-state index contributed by atoms with van der Waals surface area (Å²) in [7, 11) is 1.70. The monoisotopic (exact) mass is 396 g/mol. The summed E-state index contributed by atoms with van der Waals surface area (Å²) < 4.78 is 11.9. The number of benzene rings is 2. The molecule has 0 saturated heterocycles. The van der Waals surface area contributed by atoms with Crippen LogP contribution in [-0.2, 0) is 0 Å². The number of hydrogen-bond acceptors (Lipinski definition) is 4. The molecule has 0 amide bonds. The summed E-state index contributed by atoms with van der Waals surface area (Å²) in [6.07, 6.45) is 7.17. The lowest BCUT2D eigenvalue weighted by Gasteiger charge is -2.42. The van der Waals surface area contributed by atoms with E-state index in [1.54, 1.807) is 7.11 Å². The maximum absolute atomic E-state index is 6.50. The van der Waals surface area contributed by atoms with Crippen molar-refractivity contribution >= 4 is 17.3 Å². The first-order chi connectivity index (χ1) is 13.7. The van der Waals surface area contributed by atoms with Crippen LogP contribution < -0.4 is 9.47 Å². The first-order valence-electron chi connectivity index (χ1n) is 10.2. The average molecular weight is 397 g/mol. The van der Waals surface area contributed by atoms with Crippen LogP contribution in [0.2, 0.25) is 5.02 Å². The molecule has 28 heavy (non-hydrogen) atoms. The minimum absolute atomic E-state index is 0.00193. The van der Waals surface area contributed by atoms with Gasteiger partial charge in [-0.2, -0.15) is 5.10 Å². The highest BCUT2D eigenvalue weighted by Gasteiger charge is 2.43. The minimum atomic E-state index is 0.00193. The number of methoxy groups -OCH3 is 1. The van der Waals surface area contributed by atoms with Crippen LogP contribution in [0.4, 0.5) is 0 Å². The van der Waals surface area contributed by atoms with Crippen LogP contribution in [0.5, 0.6) is 11.5 Å². The molecule has 2 aromatic carbocycles. The van der Waals surface area contributed by atoms with E-state index in [0.717, 1.165) is 39.8 Å². The lowest BCUT2D eigenvalue weighted by atomic mass is 9.86. The second kappa shape index (κ2) is 7.32. The number of ether oxygens (including phenoxy) is 2. The van der Waals surface area contributed by atoms with Crippen LogP contribution in [0, 0.1) is 5.92 Å². The molecule has 1 aliphatic carbocycles. The fourth-order valence-electron chi connectivity index (χ4n) is 4.79. The Hall–Kier alpha value is -2.20. The van der Waals surface area contributed by atoms with E-state index in [1.165, 1.54) is 32.1 Å². The molecule has 2 aromatic rings. The summed E-state index contributed by atoms with van der Waals surface area (Å²) in [6.45, 7) is 0. The number of hydrazone groups is 1. The fourth-order valence-corrected chi connectivity index (χ4v) is 4.97. The van der Waals surface area contributed by atoms with Crippen molar-refractivity contribution in [1.82, 2.24) is 5.01 Å². The third-order valence-electron chi connectivity index (χ3n) is 6.24.